The van der Waals surface area contributed by atoms with E-state index in [4.69, 9.17) is 0 Å². The first-order valence-electron chi connectivity index (χ1n) is 5.31. The van der Waals surface area contributed by atoms with E-state index in [0.29, 0.717) is 5.92 Å². The Morgan fingerprint density at radius 2 is 2.14 bits per heavy atom. The molecule has 0 N–H and O–H groups in total. The SMILES string of the molecule is CC1=CCC(C)C(C)c2ccncc21. The Bertz CT molecular complexity index is 365. The van der Waals surface area contributed by atoms with Gasteiger partial charge in [0.15, 0.2) is 0 Å². The molecule has 0 aliphatic heterocycles. The van der Waals surface area contributed by atoms with Crippen LogP contribution in [0.4, 0.5) is 0 Å². The number of hydrogen-bond acceptors (Lipinski definition) is 1. The molecule has 0 saturated carbocycles. The molecular formula is C13H17N. The zero-order valence-electron chi connectivity index (χ0n) is 9.12. The molecule has 0 radical (unpaired) electrons. The molecule has 14 heavy (non-hydrogen) atoms. The van der Waals surface area contributed by atoms with Gasteiger partial charge in [0.25, 0.3) is 0 Å². The Kier molecular flexibility index (Phi) is 2.40. The maximum absolute atomic E-state index is 4.21. The van der Waals surface area contributed by atoms with E-state index in [1.54, 1.807) is 0 Å². The first kappa shape index (κ1) is 9.45. The summed E-state index contributed by atoms with van der Waals surface area (Å²) >= 11 is 0. The normalized spacial score (nSPS) is 26.4. The highest BCUT2D eigenvalue weighted by atomic mass is 14.6. The average molecular weight is 187 g/mol. The van der Waals surface area contributed by atoms with Gasteiger partial charge in [0.1, 0.15) is 0 Å². The van der Waals surface area contributed by atoms with Gasteiger partial charge in [0.05, 0.1) is 0 Å². The van der Waals surface area contributed by atoms with Gasteiger partial charge in [0, 0.05) is 12.4 Å². The van der Waals surface area contributed by atoms with Crippen LogP contribution in [0.2, 0.25) is 0 Å². The fraction of sp³-hybridized carbons (Fsp3) is 0.462. The molecule has 1 nitrogen and oxygen atoms in total. The van der Waals surface area contributed by atoms with E-state index in [-0.39, 0.29) is 0 Å². The van der Waals surface area contributed by atoms with Gasteiger partial charge >= 0.3 is 0 Å². The van der Waals surface area contributed by atoms with Crippen molar-refractivity contribution in [1.29, 1.82) is 0 Å². The van der Waals surface area contributed by atoms with Gasteiger partial charge in [-0.1, -0.05) is 19.9 Å². The second-order valence-electron chi connectivity index (χ2n) is 4.35. The van der Waals surface area contributed by atoms with Gasteiger partial charge in [-0.3, -0.25) is 4.98 Å². The molecule has 1 aromatic rings. The van der Waals surface area contributed by atoms with Crippen LogP contribution < -0.4 is 0 Å². The van der Waals surface area contributed by atoms with E-state index in [2.05, 4.69) is 37.9 Å². The van der Waals surface area contributed by atoms with Crippen LogP contribution in [-0.2, 0) is 0 Å². The van der Waals surface area contributed by atoms with Gasteiger partial charge < -0.3 is 0 Å². The van der Waals surface area contributed by atoms with Crippen LogP contribution >= 0.6 is 0 Å². The molecule has 0 spiro atoms. The summed E-state index contributed by atoms with van der Waals surface area (Å²) in [5, 5.41) is 0. The number of rotatable bonds is 0. The minimum absolute atomic E-state index is 0.640. The van der Waals surface area contributed by atoms with Gasteiger partial charge in [-0.25, -0.2) is 0 Å². The third kappa shape index (κ3) is 1.47. The largest absolute Gasteiger partial charge is 0.264 e. The molecule has 2 atom stereocenters. The van der Waals surface area contributed by atoms with E-state index >= 15 is 0 Å². The lowest BCUT2D eigenvalue weighted by molar-refractivity contribution is 0.497. The molecule has 1 heteroatoms. The molecule has 1 aliphatic carbocycles. The highest BCUT2D eigenvalue weighted by Gasteiger charge is 2.20. The molecule has 1 heterocycles. The highest BCUT2D eigenvalue weighted by molar-refractivity contribution is 5.67. The minimum atomic E-state index is 0.640. The smallest absolute Gasteiger partial charge is 0.0345 e. The topological polar surface area (TPSA) is 12.9 Å². The van der Waals surface area contributed by atoms with Crippen molar-refractivity contribution in [2.75, 3.05) is 0 Å². The summed E-state index contributed by atoms with van der Waals surface area (Å²) in [4.78, 5) is 4.21. The van der Waals surface area contributed by atoms with Crippen LogP contribution in [0.5, 0.6) is 0 Å². The average Bonchev–Trinajstić information content (AvgIpc) is 2.33. The highest BCUT2D eigenvalue weighted by Crippen LogP contribution is 2.35. The standard InChI is InChI=1S/C13H17N/c1-9-4-5-10(2)13-8-14-7-6-12(13)11(9)3/h5-9,11H,4H2,1-3H3. The first-order valence-corrected chi connectivity index (χ1v) is 5.31. The molecule has 0 aromatic carbocycles. The quantitative estimate of drug-likeness (QED) is 0.604. The minimum Gasteiger partial charge on any atom is -0.264 e. The van der Waals surface area contributed by atoms with Crippen LogP contribution in [0.1, 0.15) is 44.2 Å². The Morgan fingerprint density at radius 3 is 2.93 bits per heavy atom. The van der Waals surface area contributed by atoms with Crippen molar-refractivity contribution in [3.05, 3.63) is 35.7 Å². The Balaban J connectivity index is 2.55. The Labute approximate surface area is 85.9 Å². The molecule has 0 fully saturated rings. The summed E-state index contributed by atoms with van der Waals surface area (Å²) in [6.45, 7) is 6.82. The van der Waals surface area contributed by atoms with E-state index in [1.165, 1.54) is 23.1 Å². The Hall–Kier alpha value is -1.11. The summed E-state index contributed by atoms with van der Waals surface area (Å²) in [7, 11) is 0. The van der Waals surface area contributed by atoms with Crippen LogP contribution in [0.15, 0.2) is 24.5 Å². The van der Waals surface area contributed by atoms with E-state index in [9.17, 15) is 0 Å². The third-order valence-electron chi connectivity index (χ3n) is 3.42. The number of allylic oxidation sites excluding steroid dienone is 2. The molecule has 2 unspecified atom stereocenters. The van der Waals surface area contributed by atoms with E-state index < -0.39 is 0 Å². The van der Waals surface area contributed by atoms with Gasteiger partial charge in [-0.05, 0) is 47.9 Å². The van der Waals surface area contributed by atoms with Crippen molar-refractivity contribution in [2.45, 2.75) is 33.1 Å². The molecule has 0 bridgehead atoms. The van der Waals surface area contributed by atoms with E-state index in [0.717, 1.165) is 5.92 Å². The zero-order valence-corrected chi connectivity index (χ0v) is 9.12. The van der Waals surface area contributed by atoms with Crippen LogP contribution in [0, 0.1) is 5.92 Å². The van der Waals surface area contributed by atoms with Crippen molar-refractivity contribution in [1.82, 2.24) is 4.98 Å². The number of nitrogens with zero attached hydrogens (tertiary/aromatic N) is 1. The second-order valence-corrected chi connectivity index (χ2v) is 4.35. The molecule has 1 aliphatic rings. The maximum Gasteiger partial charge on any atom is 0.0345 e. The summed E-state index contributed by atoms with van der Waals surface area (Å²) in [5.41, 5.74) is 4.17. The van der Waals surface area contributed by atoms with Gasteiger partial charge in [0.2, 0.25) is 0 Å². The summed E-state index contributed by atoms with van der Waals surface area (Å²) < 4.78 is 0. The van der Waals surface area contributed by atoms with Crippen LogP contribution in [0.25, 0.3) is 5.57 Å². The van der Waals surface area contributed by atoms with Gasteiger partial charge in [-0.2, -0.15) is 0 Å². The molecule has 0 amide bonds. The lowest BCUT2D eigenvalue weighted by atomic mass is 9.87. The third-order valence-corrected chi connectivity index (χ3v) is 3.42. The number of fused-ring (bicyclic) bond motifs is 1. The fourth-order valence-corrected chi connectivity index (χ4v) is 2.12. The zero-order chi connectivity index (χ0) is 10.1. The summed E-state index contributed by atoms with van der Waals surface area (Å²) in [6.07, 6.45) is 7.42. The summed E-state index contributed by atoms with van der Waals surface area (Å²) in [6, 6.07) is 2.17. The van der Waals surface area contributed by atoms with Crippen molar-refractivity contribution >= 4 is 5.57 Å². The van der Waals surface area contributed by atoms with Crippen LogP contribution in [-0.4, -0.2) is 4.98 Å². The lowest BCUT2D eigenvalue weighted by Gasteiger charge is -2.18. The molecule has 2 rings (SSSR count). The predicted molar refractivity (Wildman–Crippen MR) is 60.1 cm³/mol. The second kappa shape index (κ2) is 3.56. The number of pyridine rings is 1. The molecular weight excluding hydrogens is 170 g/mol. The van der Waals surface area contributed by atoms with Crippen LogP contribution in [0.3, 0.4) is 0 Å². The lowest BCUT2D eigenvalue weighted by Crippen LogP contribution is -2.05. The van der Waals surface area contributed by atoms with Crippen molar-refractivity contribution in [3.63, 3.8) is 0 Å². The monoisotopic (exact) mass is 187 g/mol. The Morgan fingerprint density at radius 1 is 1.36 bits per heavy atom. The molecule has 1 aromatic heterocycles. The van der Waals surface area contributed by atoms with E-state index in [1.807, 2.05) is 12.4 Å². The molecule has 74 valence electrons. The van der Waals surface area contributed by atoms with Crippen molar-refractivity contribution < 1.29 is 0 Å². The van der Waals surface area contributed by atoms with Gasteiger partial charge in [-0.15, -0.1) is 0 Å². The fourth-order valence-electron chi connectivity index (χ4n) is 2.12. The first-order chi connectivity index (χ1) is 6.70. The van der Waals surface area contributed by atoms with Crippen molar-refractivity contribution in [3.8, 4) is 0 Å². The number of hydrogen-bond donors (Lipinski definition) is 0. The maximum atomic E-state index is 4.21. The summed E-state index contributed by atoms with van der Waals surface area (Å²) in [5.74, 6) is 1.37. The number of aromatic nitrogens is 1. The van der Waals surface area contributed by atoms with Crippen molar-refractivity contribution in [2.24, 2.45) is 5.92 Å². The predicted octanol–water partition coefficient (Wildman–Crippen LogP) is 3.63. The molecule has 0 saturated heterocycles.